The van der Waals surface area contributed by atoms with Crippen molar-refractivity contribution in [2.45, 2.75) is 88.1 Å². The van der Waals surface area contributed by atoms with Gasteiger partial charge in [0, 0.05) is 0 Å². The Hall–Kier alpha value is -0.240. The second-order valence-corrected chi connectivity index (χ2v) is 6.98. The third-order valence-corrected chi connectivity index (χ3v) is 5.48. The minimum Gasteiger partial charge on any atom is -0.384 e. The van der Waals surface area contributed by atoms with E-state index >= 15 is 0 Å². The molecule has 0 aromatic heterocycles. The number of rotatable bonds is 6. The molecule has 0 radical (unpaired) electrons. The standard InChI is InChI=1S/C15H29NO5/c1-5-6-7-8-9-16-10-11-15(10,20)13(3,18)12(2,17)14(4,19)21-11/h10-11,16-20H,5-9H2,1-4H3. The summed E-state index contributed by atoms with van der Waals surface area (Å²) in [7, 11) is 0. The molecule has 0 aromatic carbocycles. The number of hydrogen-bond donors (Lipinski definition) is 5. The van der Waals surface area contributed by atoms with Crippen molar-refractivity contribution in [3.05, 3.63) is 0 Å². The van der Waals surface area contributed by atoms with Gasteiger partial charge in [-0.15, -0.1) is 0 Å². The molecule has 2 aliphatic rings. The second kappa shape index (κ2) is 5.15. The van der Waals surface area contributed by atoms with Crippen molar-refractivity contribution in [2.24, 2.45) is 0 Å². The van der Waals surface area contributed by atoms with Crippen LogP contribution in [0.5, 0.6) is 0 Å². The van der Waals surface area contributed by atoms with Gasteiger partial charge in [0.15, 0.2) is 5.79 Å². The lowest BCUT2D eigenvalue weighted by Crippen LogP contribution is -2.74. The van der Waals surface area contributed by atoms with E-state index in [1.807, 2.05) is 0 Å². The molecule has 1 heterocycles. The number of aliphatic hydroxyl groups is 4. The molecule has 6 heteroatoms. The van der Waals surface area contributed by atoms with Crippen LogP contribution in [0.1, 0.15) is 53.4 Å². The normalized spacial score (nSPS) is 52.6. The maximum absolute atomic E-state index is 10.7. The lowest BCUT2D eigenvalue weighted by molar-refractivity contribution is -0.380. The highest BCUT2D eigenvalue weighted by molar-refractivity contribution is 5.35. The SMILES string of the molecule is CCCCCCNC1C2OC(C)(O)C(C)(O)C(C)(O)C12O. The van der Waals surface area contributed by atoms with Crippen LogP contribution in [0.15, 0.2) is 0 Å². The van der Waals surface area contributed by atoms with Gasteiger partial charge in [-0.3, -0.25) is 0 Å². The molecule has 2 fully saturated rings. The number of hydrogen-bond acceptors (Lipinski definition) is 6. The van der Waals surface area contributed by atoms with Crippen LogP contribution in [0.2, 0.25) is 0 Å². The highest BCUT2D eigenvalue weighted by Crippen LogP contribution is 2.59. The van der Waals surface area contributed by atoms with Crippen molar-refractivity contribution in [3.63, 3.8) is 0 Å². The molecular weight excluding hydrogens is 274 g/mol. The molecule has 6 atom stereocenters. The van der Waals surface area contributed by atoms with Gasteiger partial charge in [-0.1, -0.05) is 26.2 Å². The molecule has 1 saturated heterocycles. The Morgan fingerprint density at radius 3 is 2.14 bits per heavy atom. The summed E-state index contributed by atoms with van der Waals surface area (Å²) in [5, 5.41) is 45.2. The van der Waals surface area contributed by atoms with Crippen molar-refractivity contribution in [3.8, 4) is 0 Å². The summed E-state index contributed by atoms with van der Waals surface area (Å²) in [6.45, 7) is 6.76. The third-order valence-electron chi connectivity index (χ3n) is 5.48. The monoisotopic (exact) mass is 303 g/mol. The Morgan fingerprint density at radius 2 is 1.57 bits per heavy atom. The van der Waals surface area contributed by atoms with Crippen LogP contribution in [-0.4, -0.2) is 61.7 Å². The van der Waals surface area contributed by atoms with E-state index in [0.29, 0.717) is 6.54 Å². The van der Waals surface area contributed by atoms with Crippen molar-refractivity contribution >= 4 is 0 Å². The van der Waals surface area contributed by atoms with Gasteiger partial charge in [-0.25, -0.2) is 0 Å². The molecule has 2 rings (SSSR count). The molecule has 0 spiro atoms. The van der Waals surface area contributed by atoms with E-state index in [-0.39, 0.29) is 0 Å². The summed E-state index contributed by atoms with van der Waals surface area (Å²) in [6, 6.07) is -0.491. The van der Waals surface area contributed by atoms with E-state index in [1.165, 1.54) is 20.8 Å². The van der Waals surface area contributed by atoms with Gasteiger partial charge in [-0.05, 0) is 33.7 Å². The first-order valence-electron chi connectivity index (χ1n) is 7.84. The van der Waals surface area contributed by atoms with Crippen molar-refractivity contribution < 1.29 is 25.2 Å². The summed E-state index contributed by atoms with van der Waals surface area (Å²) in [5.74, 6) is -1.92. The highest BCUT2D eigenvalue weighted by Gasteiger charge is 2.84. The van der Waals surface area contributed by atoms with Gasteiger partial charge in [0.05, 0.1) is 6.04 Å². The molecule has 1 aliphatic carbocycles. The van der Waals surface area contributed by atoms with Crippen LogP contribution in [0.25, 0.3) is 0 Å². The molecule has 21 heavy (non-hydrogen) atoms. The van der Waals surface area contributed by atoms with E-state index < -0.39 is 34.7 Å². The summed E-state index contributed by atoms with van der Waals surface area (Å²) >= 11 is 0. The highest BCUT2D eigenvalue weighted by atomic mass is 16.7. The summed E-state index contributed by atoms with van der Waals surface area (Å²) in [6.07, 6.45) is 3.67. The van der Waals surface area contributed by atoms with Crippen molar-refractivity contribution in [1.29, 1.82) is 0 Å². The minimum atomic E-state index is -1.98. The van der Waals surface area contributed by atoms with E-state index in [2.05, 4.69) is 12.2 Å². The summed E-state index contributed by atoms with van der Waals surface area (Å²) < 4.78 is 5.43. The van der Waals surface area contributed by atoms with Crippen LogP contribution in [0.3, 0.4) is 0 Å². The average molecular weight is 303 g/mol. The zero-order chi connectivity index (χ0) is 16.1. The lowest BCUT2D eigenvalue weighted by Gasteiger charge is -2.52. The Morgan fingerprint density at radius 1 is 0.952 bits per heavy atom. The van der Waals surface area contributed by atoms with Gasteiger partial charge in [0.25, 0.3) is 0 Å². The van der Waals surface area contributed by atoms with Crippen molar-refractivity contribution in [2.75, 3.05) is 6.54 Å². The maximum atomic E-state index is 10.7. The minimum absolute atomic E-state index is 0.491. The number of nitrogens with one attached hydrogen (secondary N) is 1. The zero-order valence-corrected chi connectivity index (χ0v) is 13.4. The first-order chi connectivity index (χ1) is 9.54. The van der Waals surface area contributed by atoms with Gasteiger partial charge < -0.3 is 30.5 Å². The van der Waals surface area contributed by atoms with E-state index in [0.717, 1.165) is 25.7 Å². The van der Waals surface area contributed by atoms with Gasteiger partial charge in [-0.2, -0.15) is 0 Å². The molecular formula is C15H29NO5. The molecule has 0 bridgehead atoms. The largest absolute Gasteiger partial charge is 0.384 e. The van der Waals surface area contributed by atoms with E-state index in [1.54, 1.807) is 0 Å². The quantitative estimate of drug-likeness (QED) is 0.438. The fraction of sp³-hybridized carbons (Fsp3) is 1.00. The summed E-state index contributed by atoms with van der Waals surface area (Å²) in [5.41, 5.74) is -5.46. The molecule has 1 aliphatic heterocycles. The summed E-state index contributed by atoms with van der Waals surface area (Å²) in [4.78, 5) is 0. The van der Waals surface area contributed by atoms with Gasteiger partial charge in [0.2, 0.25) is 0 Å². The predicted molar refractivity (Wildman–Crippen MR) is 77.6 cm³/mol. The lowest BCUT2D eigenvalue weighted by atomic mass is 9.72. The fourth-order valence-corrected chi connectivity index (χ4v) is 3.36. The van der Waals surface area contributed by atoms with E-state index in [4.69, 9.17) is 4.74 Å². The fourth-order valence-electron chi connectivity index (χ4n) is 3.36. The van der Waals surface area contributed by atoms with Crippen LogP contribution in [0.4, 0.5) is 0 Å². The third kappa shape index (κ3) is 2.24. The molecule has 0 aromatic rings. The topological polar surface area (TPSA) is 102 Å². The Labute approximate surface area is 126 Å². The second-order valence-electron chi connectivity index (χ2n) is 6.98. The van der Waals surface area contributed by atoms with Crippen LogP contribution >= 0.6 is 0 Å². The van der Waals surface area contributed by atoms with Crippen molar-refractivity contribution in [1.82, 2.24) is 5.32 Å². The molecule has 0 amide bonds. The van der Waals surface area contributed by atoms with E-state index in [9.17, 15) is 20.4 Å². The van der Waals surface area contributed by atoms with Crippen LogP contribution < -0.4 is 5.32 Å². The first kappa shape index (κ1) is 17.1. The number of ether oxygens (including phenoxy) is 1. The molecule has 6 unspecified atom stereocenters. The number of unbranched alkanes of at least 4 members (excludes halogenated alkanes) is 3. The molecule has 1 saturated carbocycles. The maximum Gasteiger partial charge on any atom is 0.195 e. The number of fused-ring (bicyclic) bond motifs is 1. The molecule has 5 N–H and O–H groups in total. The first-order valence-corrected chi connectivity index (χ1v) is 7.84. The van der Waals surface area contributed by atoms with Crippen LogP contribution in [0, 0.1) is 0 Å². The van der Waals surface area contributed by atoms with Gasteiger partial charge in [0.1, 0.15) is 22.9 Å². The molecule has 6 nitrogen and oxygen atoms in total. The average Bonchev–Trinajstić information content (AvgIpc) is 2.93. The van der Waals surface area contributed by atoms with Gasteiger partial charge >= 0.3 is 0 Å². The Bertz CT molecular complexity index is 396. The zero-order valence-electron chi connectivity index (χ0n) is 13.4. The Kier molecular flexibility index (Phi) is 4.20. The smallest absolute Gasteiger partial charge is 0.195 e. The molecule has 124 valence electrons. The Balaban J connectivity index is 2.04. The van der Waals surface area contributed by atoms with Crippen LogP contribution in [-0.2, 0) is 4.74 Å². The predicted octanol–water partition coefficient (Wildman–Crippen LogP) is -0.121.